The molecule has 0 radical (unpaired) electrons. The number of sulfone groups is 4. The van der Waals surface area contributed by atoms with E-state index in [9.17, 15) is 81.1 Å². The smallest absolute Gasteiger partial charge is 0 e. The number of aromatic carboxylic acids is 1. The Bertz CT molecular complexity index is 5090. The number of aromatic nitrogens is 2. The zero-order valence-corrected chi connectivity index (χ0v) is 66.0. The largest absolute Gasteiger partial charge is 0 e. The van der Waals surface area contributed by atoms with Gasteiger partial charge in [0.1, 0.15) is 83.0 Å². The SMILES string of the molecule is C.CC(C)(C#N)S(=O)(=O)C[C@](C)(N)c1cc([N+](=O)[O-])ccc1F.CC1(C)C(N)=N[C@](C)(c2cc(CC(=O)c3ccc(Cl)cn3)ccc2F)CS1(=O)=O.CC1(C)C(N)=N[C@](C)(c2cc(N)ccc2F)CS1(=O)=O.CC1(C)C(N)=N[C@](C)(c2cc([N+](=O)[O-])ccc2F)CS1(=O)=O.O=C(O)c1ccc(Cl)cn1.[3H]P([3H])[3H].[Cl][Cu].[HH]. The van der Waals surface area contributed by atoms with E-state index >= 15 is 0 Å². The van der Waals surface area contributed by atoms with Crippen molar-refractivity contribution in [1.29, 1.82) is 9.10 Å². The Kier molecular flexibility index (Phi) is 29.5. The average Bonchev–Trinajstić information content (AvgIpc) is 0.747. The van der Waals surface area contributed by atoms with Gasteiger partial charge in [0, 0.05) is 72.4 Å². The van der Waals surface area contributed by atoms with Gasteiger partial charge >= 0.3 is 31.2 Å². The predicted octanol–water partition coefficient (Wildman–Crippen LogP) is 10.5. The van der Waals surface area contributed by atoms with Crippen LogP contribution in [-0.2, 0) is 83.0 Å². The van der Waals surface area contributed by atoms with Gasteiger partial charge in [0.05, 0.1) is 58.3 Å². The van der Waals surface area contributed by atoms with E-state index in [1.807, 2.05) is 0 Å². The number of non-ortho nitro benzene ring substituents is 2. The number of hydrogen-bond donors (Lipinski definition) is 6. The van der Waals surface area contributed by atoms with Gasteiger partial charge in [0.25, 0.3) is 11.4 Å². The molecule has 3 aliphatic heterocycles. The third kappa shape index (κ3) is 21.8. The molecule has 11 N–H and O–H groups in total. The molecular weight excluding hydrogens is 1620 g/mol. The number of anilines is 1. The molecule has 2 aromatic heterocycles. The Morgan fingerprint density at radius 3 is 1.34 bits per heavy atom. The Hall–Kier alpha value is -7.88. The number of benzene rings is 4. The van der Waals surface area contributed by atoms with Crippen LogP contribution in [0.2, 0.25) is 10.0 Å². The molecule has 0 amide bonds. The summed E-state index contributed by atoms with van der Waals surface area (Å²) in [7, 11) is -12.6. The first-order chi connectivity index (χ1) is 49.5. The van der Waals surface area contributed by atoms with Crippen molar-refractivity contribution in [3.63, 3.8) is 0 Å². The number of nitrogen functional groups attached to an aromatic ring is 1. The molecule has 4 atom stereocenters. The van der Waals surface area contributed by atoms with Crippen LogP contribution in [0.15, 0.2) is 124 Å². The minimum atomic E-state index is -3.99. The second-order valence-electron chi connectivity index (χ2n) is 26.9. The van der Waals surface area contributed by atoms with Crippen molar-refractivity contribution in [2.45, 2.75) is 138 Å². The van der Waals surface area contributed by atoms with Gasteiger partial charge in [-0.05, 0) is 155 Å². The van der Waals surface area contributed by atoms with Crippen LogP contribution < -0.4 is 28.7 Å². The number of aliphatic imine (C=N–C) groups is 3. The number of carbonyl (C=O) groups excluding carboxylic acids is 1. The molecule has 9 rings (SSSR count). The van der Waals surface area contributed by atoms with Crippen molar-refractivity contribution in [1.82, 2.24) is 9.97 Å². The molecule has 41 heteroatoms. The van der Waals surface area contributed by atoms with E-state index in [1.165, 1.54) is 143 Å². The average molecular weight is 1710 g/mol. The number of nitrogens with two attached hydrogens (primary N) is 5. The van der Waals surface area contributed by atoms with Crippen LogP contribution in [0, 0.1) is 54.8 Å². The van der Waals surface area contributed by atoms with Crippen molar-refractivity contribution in [2.75, 3.05) is 28.7 Å². The first-order valence-electron chi connectivity index (χ1n) is 31.6. The number of hydrogen-bond acceptors (Lipinski definition) is 25. The molecule has 0 saturated carbocycles. The zero-order valence-electron chi connectivity index (χ0n) is 61.6. The minimum absolute atomic E-state index is 0. The number of carboxylic acids is 1. The number of halogens is 7. The molecule has 0 fully saturated rings. The summed E-state index contributed by atoms with van der Waals surface area (Å²) in [6.07, 6.45) is 2.64. The van der Waals surface area contributed by atoms with Crippen LogP contribution in [0.3, 0.4) is 0 Å². The molecule has 0 aliphatic carbocycles. The minimum Gasteiger partial charge on any atom is 0 e. The molecule has 107 heavy (non-hydrogen) atoms. The van der Waals surface area contributed by atoms with Crippen molar-refractivity contribution < 1.29 is 92.3 Å². The number of ketones is 1. The normalized spacial score (nSPS) is 21.1. The van der Waals surface area contributed by atoms with Gasteiger partial charge in [-0.2, -0.15) is 15.0 Å². The number of nitriles is 1. The number of nitro groups is 2. The van der Waals surface area contributed by atoms with Crippen molar-refractivity contribution in [3.05, 3.63) is 202 Å². The summed E-state index contributed by atoms with van der Waals surface area (Å²) in [5, 5.41) is 39.8. The quantitative estimate of drug-likeness (QED) is 0.0119. The van der Waals surface area contributed by atoms with Crippen LogP contribution >= 0.6 is 43.0 Å². The molecule has 5 heterocycles. The van der Waals surface area contributed by atoms with Gasteiger partial charge in [-0.25, -0.2) is 61.0 Å². The second-order valence-corrected chi connectivity index (χ2v) is 38.0. The number of rotatable bonds is 13. The van der Waals surface area contributed by atoms with Crippen LogP contribution in [0.4, 0.5) is 34.6 Å². The fourth-order valence-corrected chi connectivity index (χ4v) is 16.8. The monoisotopic (exact) mass is 1710 g/mol. The number of Topliss-reactive ketones (excluding diaryl/α,β-unsaturated/α-hetero) is 1. The molecule has 0 saturated heterocycles. The van der Waals surface area contributed by atoms with Gasteiger partial charge in [-0.1, -0.05) is 36.7 Å². The van der Waals surface area contributed by atoms with E-state index in [0.29, 0.717) is 21.3 Å². The van der Waals surface area contributed by atoms with Gasteiger partial charge in [-0.15, -0.1) is 0 Å². The topological polar surface area (TPSA) is 494 Å². The number of nitrogens with zero attached hydrogens (tertiary/aromatic N) is 8. The van der Waals surface area contributed by atoms with Crippen molar-refractivity contribution in [2.24, 2.45) is 37.9 Å². The third-order valence-corrected chi connectivity index (χ3v) is 28.4. The number of carbonyl (C=O) groups is 2. The van der Waals surface area contributed by atoms with Crippen LogP contribution in [0.1, 0.15) is 141 Å². The van der Waals surface area contributed by atoms with E-state index < -0.39 is 147 Å². The van der Waals surface area contributed by atoms with Crippen molar-refractivity contribution in [3.8, 4) is 6.07 Å². The first kappa shape index (κ1) is 89.7. The molecule has 592 valence electrons. The van der Waals surface area contributed by atoms with Crippen LogP contribution in [-0.4, -0.2) is 134 Å². The maximum atomic E-state index is 14.7. The zero-order chi connectivity index (χ0) is 84.4. The van der Waals surface area contributed by atoms with E-state index in [0.717, 1.165) is 36.4 Å². The fraction of sp³-hybridized carbons (Fsp3) is 0.394. The van der Waals surface area contributed by atoms with Crippen LogP contribution in [0.5, 0.6) is 0 Å². The van der Waals surface area contributed by atoms with Crippen LogP contribution in [0.25, 0.3) is 0 Å². The molecule has 0 spiro atoms. The Morgan fingerprint density at radius 2 is 0.981 bits per heavy atom. The molecule has 4 aromatic carbocycles. The second kappa shape index (κ2) is 35.2. The van der Waals surface area contributed by atoms with Gasteiger partial charge in [-0.3, -0.25) is 45.0 Å². The fourth-order valence-electron chi connectivity index (χ4n) is 10.0. The van der Waals surface area contributed by atoms with E-state index in [2.05, 4.69) is 50.1 Å². The number of amidine groups is 3. The molecule has 0 bridgehead atoms. The Labute approximate surface area is 648 Å². The first-order valence-corrected chi connectivity index (χ1v) is 39.0. The number of pyridine rings is 2. The van der Waals surface area contributed by atoms with Gasteiger partial charge in [0.15, 0.2) is 49.9 Å². The Balaban J connectivity index is 0.000000694. The summed E-state index contributed by atoms with van der Waals surface area (Å²) in [5.74, 6) is -6.23. The number of carboxylic acid groups (broad SMARTS) is 1. The third-order valence-electron chi connectivity index (χ3n) is 17.3. The molecular formula is C66H84Cl3CuF4N13O15PS4. The number of nitro benzene ring substituents is 2. The predicted molar refractivity (Wildman–Crippen MR) is 408 cm³/mol. The maximum absolute atomic E-state index is 14.7. The summed E-state index contributed by atoms with van der Waals surface area (Å²) in [6, 6.07) is 21.4. The van der Waals surface area contributed by atoms with Gasteiger partial charge < -0.3 is 33.8 Å². The summed E-state index contributed by atoms with van der Waals surface area (Å²) >= 11 is 14.9. The standard InChI is InChI=1S/C20H21ClFN3O3S.2C13H16FN3O4S.C13H18FN3O2S.C6H4ClNO2.CH4.ClH.Cu.H3P.H2/c1-19(2)18(23)25-20(3,11-29(19,27)28)14-8-12(4-6-15(14)22)9-17(26)16-7-5-13(21)10-24-16;1-12(2)11(15)16-13(3,7-22(12,20)21)9-6-8(17(18)19)4-5-10(9)14;1-12(2,7-15)22(20,21)8-13(3,16)10-6-9(17(18)19)4-5-11(10)14;1-12(2)11(16)17-13(3,7-20(12,18)19)9-6-8(15)4-5-10(9)14;7-4-1-2-5(6(9)10)8-3-4;;;;;/h4-8,10H,9,11H2,1-3H3,(H2,23,25);4-6H,7H2,1-3H3,(H2,15,16);4-6H,8,16H2,1-3H3;4-6H,7,15H2,1-3H3,(H2,16,17);1-3H,(H,9,10);1H4;1H;;1H3;1H/q;;;;;;;+1;;/p-1/t20-;3*13-;;;;;;/m0000....../s1/i;;;;;;;;1T3;. The van der Waals surface area contributed by atoms with E-state index in [-0.39, 0.29) is 89.4 Å². The summed E-state index contributed by atoms with van der Waals surface area (Å²) < 4.78 is 169. The summed E-state index contributed by atoms with van der Waals surface area (Å²) in [6.45, 7) is 16.9. The van der Waals surface area contributed by atoms with Crippen molar-refractivity contribution >= 4 is 129 Å². The maximum Gasteiger partial charge on any atom is 0 e. The van der Waals surface area contributed by atoms with E-state index in [1.54, 1.807) is 19.1 Å². The summed E-state index contributed by atoms with van der Waals surface area (Å²) in [4.78, 5) is 63.2. The molecule has 0 unspecified atom stereocenters. The Morgan fingerprint density at radius 1 is 0.636 bits per heavy atom. The molecule has 3 aliphatic rings. The molecule has 6 aromatic rings. The summed E-state index contributed by atoms with van der Waals surface area (Å²) in [5.41, 5.74) is 23.3. The van der Waals surface area contributed by atoms with E-state index in [4.69, 9.17) is 66.1 Å². The molecule has 28 nitrogen and oxygen atoms in total. The van der Waals surface area contributed by atoms with Gasteiger partial charge in [0.2, 0.25) is 0 Å².